The van der Waals surface area contributed by atoms with Gasteiger partial charge in [0.1, 0.15) is 10.6 Å². The highest BCUT2D eigenvalue weighted by molar-refractivity contribution is 9.11. The average molecular weight is 1780 g/mol. The van der Waals surface area contributed by atoms with Crippen molar-refractivity contribution in [3.05, 3.63) is 253 Å². The first kappa shape index (κ1) is 92.0. The predicted molar refractivity (Wildman–Crippen MR) is 448 cm³/mol. The Bertz CT molecular complexity index is 5080. The van der Waals surface area contributed by atoms with Gasteiger partial charge in [0.15, 0.2) is 12.1 Å². The molecule has 0 bridgehead atoms. The van der Waals surface area contributed by atoms with Gasteiger partial charge in [-0.1, -0.05) is 29.6 Å². The fourth-order valence-corrected chi connectivity index (χ4v) is 10.9. The van der Waals surface area contributed by atoms with Crippen molar-refractivity contribution in [2.75, 3.05) is 14.2 Å². The Labute approximate surface area is 702 Å². The molecule has 8 aromatic heterocycles. The minimum Gasteiger partial charge on any atom is -0.467 e. The third-order valence-electron chi connectivity index (χ3n) is 17.5. The molecule has 1 aliphatic heterocycles. The third kappa shape index (κ3) is 27.3. The number of ether oxygens (including phenoxy) is 2. The van der Waals surface area contributed by atoms with Crippen LogP contribution in [0, 0.1) is 36.0 Å². The van der Waals surface area contributed by atoms with Crippen LogP contribution in [-0.4, -0.2) is 184 Å². The molecule has 0 unspecified atom stereocenters. The molecule has 11 aromatic rings. The molecule has 4 amide bonds. The molecule has 12 rings (SSSR count). The number of aliphatic hydroxyl groups excluding tert-OH is 3. The minimum absolute atomic E-state index is 0.282. The highest BCUT2D eigenvalue weighted by atomic mass is 79.9. The predicted octanol–water partition coefficient (Wildman–Crippen LogP) is 8.29. The number of aryl methyl sites for hydroxylation is 4. The summed E-state index contributed by atoms with van der Waals surface area (Å²) in [6, 6.07) is 38.7. The van der Waals surface area contributed by atoms with Gasteiger partial charge in [0.25, 0.3) is 23.6 Å². The summed E-state index contributed by atoms with van der Waals surface area (Å²) in [7, 11) is 9.56. The number of nitrogens with one attached hydrogen (secondary N) is 4. The van der Waals surface area contributed by atoms with Crippen LogP contribution < -0.4 is 27.0 Å². The van der Waals surface area contributed by atoms with Gasteiger partial charge >= 0.3 is 19.1 Å². The van der Waals surface area contributed by atoms with Crippen molar-refractivity contribution in [2.45, 2.75) is 96.1 Å². The van der Waals surface area contributed by atoms with Crippen LogP contribution in [0.3, 0.4) is 0 Å². The fourth-order valence-electron chi connectivity index (χ4n) is 10.2. The number of aromatic nitrogens is 12. The largest absolute Gasteiger partial charge is 0.514 e. The Balaban J connectivity index is 0.000000204. The van der Waals surface area contributed by atoms with Crippen LogP contribution in [0.2, 0.25) is 0 Å². The average Bonchev–Trinajstić information content (AvgIpc) is 1.62. The number of hydrogen-bond donors (Lipinski definition) is 8. The second-order valence-electron chi connectivity index (χ2n) is 26.5. The van der Waals surface area contributed by atoms with Crippen LogP contribution in [0.4, 0.5) is 0 Å². The lowest BCUT2D eigenvalue weighted by Gasteiger charge is -2.32. The molecule has 9 heterocycles. The van der Waals surface area contributed by atoms with E-state index in [9.17, 15) is 44.1 Å². The number of esters is 2. The molecular weight excluding hydrogens is 1700 g/mol. The lowest BCUT2D eigenvalue weighted by molar-refractivity contribution is -0.146. The number of halogens is 3. The minimum atomic E-state index is -1.28. The van der Waals surface area contributed by atoms with Gasteiger partial charge in [-0.15, -0.1) is 6.42 Å². The molecule has 117 heavy (non-hydrogen) atoms. The molecule has 606 valence electrons. The van der Waals surface area contributed by atoms with E-state index in [4.69, 9.17) is 20.9 Å². The number of benzene rings is 3. The highest BCUT2D eigenvalue weighted by Gasteiger charge is 2.52. The molecule has 34 heteroatoms. The van der Waals surface area contributed by atoms with Crippen molar-refractivity contribution in [3.8, 4) is 70.2 Å². The van der Waals surface area contributed by atoms with E-state index in [1.807, 2.05) is 129 Å². The van der Waals surface area contributed by atoms with E-state index in [-0.39, 0.29) is 23.9 Å². The lowest BCUT2D eigenvalue weighted by atomic mass is 9.85. The molecule has 6 atom stereocenters. The van der Waals surface area contributed by atoms with Crippen LogP contribution in [0.25, 0.3) is 34.2 Å². The quantitative estimate of drug-likeness (QED) is 0.0113. The van der Waals surface area contributed by atoms with Crippen LogP contribution in [0.1, 0.15) is 107 Å². The topological polar surface area (TPSA) is 391 Å². The van der Waals surface area contributed by atoms with E-state index in [0.29, 0.717) is 27.8 Å². The van der Waals surface area contributed by atoms with Crippen molar-refractivity contribution in [3.63, 3.8) is 0 Å². The summed E-state index contributed by atoms with van der Waals surface area (Å²) in [6.07, 6.45) is 15.7. The second-order valence-corrected chi connectivity index (χ2v) is 29.1. The first-order valence-corrected chi connectivity index (χ1v) is 38.0. The van der Waals surface area contributed by atoms with E-state index in [1.165, 1.54) is 40.5 Å². The van der Waals surface area contributed by atoms with E-state index < -0.39 is 72.0 Å². The second kappa shape index (κ2) is 44.1. The van der Waals surface area contributed by atoms with Crippen molar-refractivity contribution in [1.82, 2.24) is 80.5 Å². The molecule has 3 aromatic carbocycles. The monoisotopic (exact) mass is 1780 g/mol. The molecule has 1 saturated heterocycles. The maximum Gasteiger partial charge on any atom is 0.514 e. The smallest absolute Gasteiger partial charge is 0.467 e. The van der Waals surface area contributed by atoms with Gasteiger partial charge in [-0.05, 0) is 242 Å². The van der Waals surface area contributed by atoms with Crippen molar-refractivity contribution in [1.29, 1.82) is 0 Å². The first-order chi connectivity index (χ1) is 55.7. The summed E-state index contributed by atoms with van der Waals surface area (Å²) in [6.45, 7) is 12.3. The van der Waals surface area contributed by atoms with Gasteiger partial charge in [-0.3, -0.25) is 58.1 Å². The normalized spacial score (nSPS) is 13.4. The number of carbonyl (C=O) groups is 6. The molecule has 8 N–H and O–H groups in total. The Kier molecular flexibility index (Phi) is 34.7. The molecular formula is C83H86BBr3N16O14. The molecule has 0 radical (unpaired) electrons. The summed E-state index contributed by atoms with van der Waals surface area (Å²) in [4.78, 5) is 88.2. The van der Waals surface area contributed by atoms with E-state index in [2.05, 4.69) is 143 Å². The van der Waals surface area contributed by atoms with Crippen molar-refractivity contribution in [2.24, 2.45) is 28.2 Å². The maximum atomic E-state index is 12.3. The summed E-state index contributed by atoms with van der Waals surface area (Å²) in [5.41, 5.74) is 11.7. The van der Waals surface area contributed by atoms with Gasteiger partial charge < -0.3 is 50.1 Å². The molecule has 0 saturated carbocycles. The third-order valence-corrected chi connectivity index (χ3v) is 18.9. The van der Waals surface area contributed by atoms with E-state index >= 15 is 0 Å². The summed E-state index contributed by atoms with van der Waals surface area (Å²) in [5.74, 6) is 10.6. The van der Waals surface area contributed by atoms with Crippen molar-refractivity contribution < 1.29 is 68.1 Å². The molecule has 1 aliphatic rings. The number of hydrogen-bond acceptors (Lipinski definition) is 22. The molecule has 0 spiro atoms. The summed E-state index contributed by atoms with van der Waals surface area (Å²) in [5, 5.41) is 61.1. The maximum absolute atomic E-state index is 12.3. The standard InChI is InChI=1S/C23H22N4O4.C22H21N5O4.C14H15NO4.C10H17BN2O2.C9H8BrN3.C5H3Br2N/c1-15(28)21(23(30)31-3)26-22(29)18-9-6-16(7-10-18)4-5-17-8-11-19(24-14-17)20-12-13-25-27(20)2;1-14(28)20(22(30)26-31)25-21(29)17-8-5-15(6-9-17)3-4-16-7-10-18(23-13-16)19-11-12-24-27(19)2;1-4-10-5-7-11(8-6-10)13(17)15-12(9(2)16)14(18)19-3;1-9(2)10(3,4)15-11(14-9)8-6-7-12-13(8)5;1-13-9(4-5-12-13)8-3-2-7(10)6-11-8;6-4-1-2-5(7)8-3-4/h6-15,21,28H,1-3H3,(H,26,29);5-14,20,28,31H,1-2H3,(H,25,29)(H,26,30);1,5-9,12,16H,2-3H3,(H,15,17);6-7H,1-5H3;2-6H,1H3;1-3H/t15-,21+;14-,20+;9-,12+;;;/m111.../s1. The Hall–Kier alpha value is -12.1. The molecule has 1 fully saturated rings. The van der Waals surface area contributed by atoms with Crippen LogP contribution in [0.5, 0.6) is 0 Å². The zero-order valence-electron chi connectivity index (χ0n) is 66.0. The van der Waals surface area contributed by atoms with Gasteiger partial charge in [-0.25, -0.2) is 20.1 Å². The summed E-state index contributed by atoms with van der Waals surface area (Å²) >= 11 is 9.82. The van der Waals surface area contributed by atoms with Gasteiger partial charge in [0, 0.05) is 131 Å². The van der Waals surface area contributed by atoms with Crippen LogP contribution in [0.15, 0.2) is 209 Å². The Morgan fingerprint density at radius 3 is 1.05 bits per heavy atom. The number of hydroxylamine groups is 1. The van der Waals surface area contributed by atoms with E-state index in [0.717, 1.165) is 64.4 Å². The number of methoxy groups -OCH3 is 2. The van der Waals surface area contributed by atoms with Crippen LogP contribution >= 0.6 is 47.8 Å². The van der Waals surface area contributed by atoms with E-state index in [1.54, 1.807) is 141 Å². The zero-order chi connectivity index (χ0) is 85.7. The van der Waals surface area contributed by atoms with Gasteiger partial charge in [0.05, 0.1) is 83.5 Å². The lowest BCUT2D eigenvalue weighted by Crippen LogP contribution is -2.51. The number of carbonyl (C=O) groups excluding carboxylic acids is 6. The Morgan fingerprint density at radius 1 is 0.444 bits per heavy atom. The van der Waals surface area contributed by atoms with Crippen molar-refractivity contribution >= 4 is 96.1 Å². The number of amides is 4. The fraction of sp³-hybridized carbons (Fsp3) is 0.253. The van der Waals surface area contributed by atoms with Gasteiger partial charge in [-0.2, -0.15) is 20.4 Å². The number of terminal acetylenes is 1. The number of pyridine rings is 4. The molecule has 0 aliphatic carbocycles. The molecule has 30 nitrogen and oxygen atoms in total. The number of rotatable bonds is 16. The number of nitrogens with zero attached hydrogens (tertiary/aromatic N) is 12. The Morgan fingerprint density at radius 2 is 0.769 bits per heavy atom. The summed E-state index contributed by atoms with van der Waals surface area (Å²) < 4.78 is 30.8. The number of aliphatic hydroxyl groups is 3. The highest BCUT2D eigenvalue weighted by Crippen LogP contribution is 2.36. The zero-order valence-corrected chi connectivity index (χ0v) is 70.7. The van der Waals surface area contributed by atoms with Crippen LogP contribution in [-0.2, 0) is 61.4 Å². The SMILES string of the molecule is Brc1ccc(Br)nc1.C#Cc1ccc(C(=O)N[C@H](C(=O)OC)[C@@H](C)O)cc1.COC(=O)[C@@H](NC(=O)c1ccc(C#Cc2ccc(-c3ccnn3C)nc2)cc1)[C@@H](C)O.C[C@@H](O)[C@H](NC(=O)c1ccc(C#Cc2ccc(-c3ccnn3C)nc2)cc1)C(=O)NO.Cn1nccc1-c1ccc(Br)cn1.Cn1nccc1B1OC(C)(C)C(C)(C)O1. The first-order valence-electron chi connectivity index (χ1n) is 35.6. The van der Waals surface area contributed by atoms with Gasteiger partial charge in [0.2, 0.25) is 0 Å².